The van der Waals surface area contributed by atoms with Crippen molar-refractivity contribution in [3.05, 3.63) is 0 Å². The number of aliphatic hydroxyl groups excluding tert-OH is 3. The van der Waals surface area contributed by atoms with Crippen molar-refractivity contribution in [3.63, 3.8) is 0 Å². The number of ether oxygens (including phenoxy) is 2. The minimum atomic E-state index is -1.06. The highest BCUT2D eigenvalue weighted by atomic mass is 16.7. The average molecular weight is 232 g/mol. The molecule has 0 bridgehead atoms. The Kier molecular flexibility index (Phi) is 3.51. The fourth-order valence-electron chi connectivity index (χ4n) is 2.58. The lowest BCUT2D eigenvalue weighted by Gasteiger charge is -2.44. The number of aliphatic hydroxyl groups is 3. The lowest BCUT2D eigenvalue weighted by atomic mass is 9.92. The Balaban J connectivity index is 2.09. The normalized spacial score (nSPS) is 48.8. The monoisotopic (exact) mass is 232 g/mol. The fourth-order valence-corrected chi connectivity index (χ4v) is 2.58. The first kappa shape index (κ1) is 12.3. The second kappa shape index (κ2) is 4.58. The average Bonchev–Trinajstić information content (AvgIpc) is 2.58. The van der Waals surface area contributed by atoms with Crippen molar-refractivity contribution in [1.29, 1.82) is 0 Å². The smallest absolute Gasteiger partial charge is 0.197 e. The van der Waals surface area contributed by atoms with E-state index in [0.29, 0.717) is 19.3 Å². The second-order valence-corrected chi connectivity index (χ2v) is 4.78. The minimum Gasteiger partial charge on any atom is -0.396 e. The van der Waals surface area contributed by atoms with Crippen LogP contribution in [0.15, 0.2) is 0 Å². The maximum Gasteiger partial charge on any atom is 0.197 e. The molecule has 2 rings (SSSR count). The molecule has 2 fully saturated rings. The summed E-state index contributed by atoms with van der Waals surface area (Å²) in [6.45, 7) is 1.94. The molecular formula is C11H20O5. The van der Waals surface area contributed by atoms with Gasteiger partial charge in [-0.15, -0.1) is 0 Å². The highest BCUT2D eigenvalue weighted by molar-refractivity contribution is 4.95. The maximum absolute atomic E-state index is 9.97. The summed E-state index contributed by atoms with van der Waals surface area (Å²) in [5.74, 6) is -1.06. The second-order valence-electron chi connectivity index (χ2n) is 4.78. The molecule has 2 heterocycles. The summed E-state index contributed by atoms with van der Waals surface area (Å²) in [5, 5.41) is 28.7. The van der Waals surface area contributed by atoms with E-state index in [9.17, 15) is 10.2 Å². The van der Waals surface area contributed by atoms with Gasteiger partial charge in [-0.1, -0.05) is 0 Å². The van der Waals surface area contributed by atoms with Crippen LogP contribution in [-0.4, -0.2) is 52.1 Å². The third-order valence-corrected chi connectivity index (χ3v) is 3.44. The zero-order valence-corrected chi connectivity index (χ0v) is 9.50. The van der Waals surface area contributed by atoms with Gasteiger partial charge in [0.2, 0.25) is 0 Å². The molecule has 0 aromatic rings. The van der Waals surface area contributed by atoms with Crippen LogP contribution in [-0.2, 0) is 9.47 Å². The van der Waals surface area contributed by atoms with Crippen LogP contribution in [0.2, 0.25) is 0 Å². The lowest BCUT2D eigenvalue weighted by Crippen LogP contribution is -2.58. The van der Waals surface area contributed by atoms with Gasteiger partial charge in [-0.2, -0.15) is 0 Å². The fraction of sp³-hybridized carbons (Fsp3) is 1.00. The number of hydrogen-bond acceptors (Lipinski definition) is 5. The van der Waals surface area contributed by atoms with E-state index in [4.69, 9.17) is 14.6 Å². The van der Waals surface area contributed by atoms with Gasteiger partial charge < -0.3 is 24.8 Å². The van der Waals surface area contributed by atoms with Crippen LogP contribution in [0.25, 0.3) is 0 Å². The molecular weight excluding hydrogens is 212 g/mol. The predicted molar refractivity (Wildman–Crippen MR) is 55.7 cm³/mol. The minimum absolute atomic E-state index is 0.0130. The number of rotatable bonds is 2. The summed E-state index contributed by atoms with van der Waals surface area (Å²) < 4.78 is 11.4. The largest absolute Gasteiger partial charge is 0.396 e. The summed E-state index contributed by atoms with van der Waals surface area (Å²) in [6.07, 6.45) is 0.181. The SMILES string of the molecule is C[C@H]1CC[C@@]2(O[C@H](CCO)C[C@@H](O)[C@@H]2O)O1. The van der Waals surface area contributed by atoms with Crippen molar-refractivity contribution >= 4 is 0 Å². The van der Waals surface area contributed by atoms with Crippen molar-refractivity contribution in [1.82, 2.24) is 0 Å². The Morgan fingerprint density at radius 3 is 2.62 bits per heavy atom. The van der Waals surface area contributed by atoms with Crippen LogP contribution in [0.5, 0.6) is 0 Å². The molecule has 0 aromatic carbocycles. The van der Waals surface area contributed by atoms with Crippen molar-refractivity contribution < 1.29 is 24.8 Å². The van der Waals surface area contributed by atoms with Gasteiger partial charge in [-0.25, -0.2) is 0 Å². The van der Waals surface area contributed by atoms with E-state index in [2.05, 4.69) is 0 Å². The Hall–Kier alpha value is -0.200. The third kappa shape index (κ3) is 2.10. The molecule has 0 saturated carbocycles. The van der Waals surface area contributed by atoms with Crippen molar-refractivity contribution in [2.24, 2.45) is 0 Å². The van der Waals surface area contributed by atoms with E-state index in [-0.39, 0.29) is 18.8 Å². The highest BCUT2D eigenvalue weighted by Gasteiger charge is 2.53. The summed E-state index contributed by atoms with van der Waals surface area (Å²) in [5.41, 5.74) is 0. The van der Waals surface area contributed by atoms with E-state index in [1.807, 2.05) is 6.92 Å². The number of hydrogen-bond donors (Lipinski definition) is 3. The summed E-state index contributed by atoms with van der Waals surface area (Å²) >= 11 is 0. The van der Waals surface area contributed by atoms with E-state index in [1.54, 1.807) is 0 Å². The molecule has 0 unspecified atom stereocenters. The Morgan fingerprint density at radius 1 is 1.31 bits per heavy atom. The third-order valence-electron chi connectivity index (χ3n) is 3.44. The van der Waals surface area contributed by atoms with Crippen molar-refractivity contribution in [2.45, 2.75) is 62.8 Å². The van der Waals surface area contributed by atoms with Crippen LogP contribution >= 0.6 is 0 Å². The van der Waals surface area contributed by atoms with E-state index in [1.165, 1.54) is 0 Å². The Bertz CT molecular complexity index is 247. The van der Waals surface area contributed by atoms with Crippen LogP contribution in [0.3, 0.4) is 0 Å². The van der Waals surface area contributed by atoms with Gasteiger partial charge in [0, 0.05) is 19.4 Å². The summed E-state index contributed by atoms with van der Waals surface area (Å²) in [4.78, 5) is 0. The molecule has 2 aliphatic rings. The van der Waals surface area contributed by atoms with E-state index in [0.717, 1.165) is 6.42 Å². The molecule has 0 aliphatic carbocycles. The summed E-state index contributed by atoms with van der Waals surface area (Å²) in [7, 11) is 0. The van der Waals surface area contributed by atoms with Crippen LogP contribution in [0, 0.1) is 0 Å². The standard InChI is InChI=1S/C11H20O5/c1-7-2-4-11(15-7)10(14)9(13)6-8(16-11)3-5-12/h7-10,12-14H,2-6H2,1H3/t7-,8+,9+,10-,11-/m0/s1. The van der Waals surface area contributed by atoms with Gasteiger partial charge in [0.15, 0.2) is 5.79 Å². The first-order chi connectivity index (χ1) is 7.57. The van der Waals surface area contributed by atoms with Crippen molar-refractivity contribution in [3.8, 4) is 0 Å². The van der Waals surface area contributed by atoms with Gasteiger partial charge in [0.05, 0.1) is 18.3 Å². The van der Waals surface area contributed by atoms with Crippen LogP contribution < -0.4 is 0 Å². The molecule has 1 spiro atoms. The van der Waals surface area contributed by atoms with Gasteiger partial charge in [0.1, 0.15) is 6.10 Å². The van der Waals surface area contributed by atoms with E-state index >= 15 is 0 Å². The quantitative estimate of drug-likeness (QED) is 0.613. The van der Waals surface area contributed by atoms with Gasteiger partial charge in [0.25, 0.3) is 0 Å². The molecule has 0 radical (unpaired) electrons. The van der Waals surface area contributed by atoms with Gasteiger partial charge in [-0.05, 0) is 19.8 Å². The highest BCUT2D eigenvalue weighted by Crippen LogP contribution is 2.41. The van der Waals surface area contributed by atoms with Gasteiger partial charge >= 0.3 is 0 Å². The molecule has 2 aliphatic heterocycles. The van der Waals surface area contributed by atoms with Gasteiger partial charge in [-0.3, -0.25) is 0 Å². The molecule has 5 heteroatoms. The molecule has 94 valence electrons. The topological polar surface area (TPSA) is 79.2 Å². The zero-order valence-electron chi connectivity index (χ0n) is 9.50. The van der Waals surface area contributed by atoms with Crippen LogP contribution in [0.4, 0.5) is 0 Å². The molecule has 16 heavy (non-hydrogen) atoms. The first-order valence-electron chi connectivity index (χ1n) is 5.90. The molecule has 5 atom stereocenters. The molecule has 0 amide bonds. The Morgan fingerprint density at radius 2 is 2.06 bits per heavy atom. The zero-order chi connectivity index (χ0) is 11.8. The van der Waals surface area contributed by atoms with E-state index < -0.39 is 18.0 Å². The lowest BCUT2D eigenvalue weighted by molar-refractivity contribution is -0.331. The molecule has 2 saturated heterocycles. The first-order valence-corrected chi connectivity index (χ1v) is 5.90. The summed E-state index contributed by atoms with van der Waals surface area (Å²) in [6, 6.07) is 0. The maximum atomic E-state index is 9.97. The van der Waals surface area contributed by atoms with Crippen molar-refractivity contribution in [2.75, 3.05) is 6.61 Å². The van der Waals surface area contributed by atoms with Crippen LogP contribution in [0.1, 0.15) is 32.6 Å². The molecule has 5 nitrogen and oxygen atoms in total. The molecule has 3 N–H and O–H groups in total. The Labute approximate surface area is 95.0 Å². The molecule has 0 aromatic heterocycles. The predicted octanol–water partition coefficient (Wildman–Crippen LogP) is -0.225.